The van der Waals surface area contributed by atoms with Crippen LogP contribution in [-0.2, 0) is 4.79 Å². The van der Waals surface area contributed by atoms with E-state index in [1.807, 2.05) is 43.3 Å². The standard InChI is InChI=1S/C20H25NO4/c1-5-19(15-9-11-16(23-3)12-10-15)21-20(22)14(2)25-18-8-6-7-17(13-18)24-4/h6-14,19H,5H2,1-4H3,(H,21,22)/t14-,19-/m0/s1. The highest BCUT2D eigenvalue weighted by atomic mass is 16.5. The quantitative estimate of drug-likeness (QED) is 0.793. The highest BCUT2D eigenvalue weighted by molar-refractivity contribution is 5.81. The zero-order valence-corrected chi connectivity index (χ0v) is 15.1. The van der Waals surface area contributed by atoms with Crippen LogP contribution in [0.3, 0.4) is 0 Å². The molecule has 2 atom stereocenters. The molecule has 25 heavy (non-hydrogen) atoms. The summed E-state index contributed by atoms with van der Waals surface area (Å²) >= 11 is 0. The van der Waals surface area contributed by atoms with Gasteiger partial charge in [0.25, 0.3) is 5.91 Å². The molecule has 0 radical (unpaired) electrons. The Kier molecular flexibility index (Phi) is 6.69. The molecule has 0 spiro atoms. The largest absolute Gasteiger partial charge is 0.497 e. The van der Waals surface area contributed by atoms with Crippen LogP contribution in [0.15, 0.2) is 48.5 Å². The lowest BCUT2D eigenvalue weighted by Gasteiger charge is -2.21. The Balaban J connectivity index is 1.99. The van der Waals surface area contributed by atoms with Crippen molar-refractivity contribution < 1.29 is 19.0 Å². The van der Waals surface area contributed by atoms with Crippen molar-refractivity contribution in [3.8, 4) is 17.2 Å². The lowest BCUT2D eigenvalue weighted by molar-refractivity contribution is -0.128. The summed E-state index contributed by atoms with van der Waals surface area (Å²) in [6, 6.07) is 14.8. The normalized spacial score (nSPS) is 12.8. The van der Waals surface area contributed by atoms with Gasteiger partial charge in [-0.25, -0.2) is 0 Å². The fourth-order valence-electron chi connectivity index (χ4n) is 2.48. The van der Waals surface area contributed by atoms with Gasteiger partial charge < -0.3 is 19.5 Å². The van der Waals surface area contributed by atoms with Crippen molar-refractivity contribution in [2.75, 3.05) is 14.2 Å². The second-order valence-corrected chi connectivity index (χ2v) is 5.68. The minimum absolute atomic E-state index is 0.0743. The first-order valence-electron chi connectivity index (χ1n) is 8.32. The number of amides is 1. The predicted octanol–water partition coefficient (Wildman–Crippen LogP) is 3.74. The summed E-state index contributed by atoms with van der Waals surface area (Å²) in [6.45, 7) is 3.76. The number of rotatable bonds is 8. The summed E-state index contributed by atoms with van der Waals surface area (Å²) in [6.07, 6.45) is 0.170. The molecule has 0 fully saturated rings. The Morgan fingerprint density at radius 1 is 1.00 bits per heavy atom. The van der Waals surface area contributed by atoms with Crippen LogP contribution < -0.4 is 19.5 Å². The van der Waals surface area contributed by atoms with Gasteiger partial charge in [-0.15, -0.1) is 0 Å². The Labute approximate surface area is 148 Å². The van der Waals surface area contributed by atoms with Crippen LogP contribution in [-0.4, -0.2) is 26.2 Å². The summed E-state index contributed by atoms with van der Waals surface area (Å²) < 4.78 is 16.1. The minimum atomic E-state index is -0.612. The van der Waals surface area contributed by atoms with Crippen molar-refractivity contribution in [2.24, 2.45) is 0 Å². The van der Waals surface area contributed by atoms with Crippen LogP contribution in [0.4, 0.5) is 0 Å². The van der Waals surface area contributed by atoms with Crippen molar-refractivity contribution in [3.63, 3.8) is 0 Å². The molecule has 5 nitrogen and oxygen atoms in total. The highest BCUT2D eigenvalue weighted by Crippen LogP contribution is 2.22. The second-order valence-electron chi connectivity index (χ2n) is 5.68. The zero-order valence-electron chi connectivity index (χ0n) is 15.1. The van der Waals surface area contributed by atoms with E-state index >= 15 is 0 Å². The molecule has 2 aromatic carbocycles. The number of carbonyl (C=O) groups excluding carboxylic acids is 1. The van der Waals surface area contributed by atoms with Gasteiger partial charge in [-0.05, 0) is 43.2 Å². The van der Waals surface area contributed by atoms with Gasteiger partial charge in [0.2, 0.25) is 0 Å². The smallest absolute Gasteiger partial charge is 0.261 e. The molecule has 0 saturated carbocycles. The van der Waals surface area contributed by atoms with Crippen LogP contribution >= 0.6 is 0 Å². The van der Waals surface area contributed by atoms with E-state index in [9.17, 15) is 4.79 Å². The number of hydrogen-bond donors (Lipinski definition) is 1. The van der Waals surface area contributed by atoms with Gasteiger partial charge in [-0.1, -0.05) is 25.1 Å². The first-order chi connectivity index (χ1) is 12.1. The Hall–Kier alpha value is -2.69. The van der Waals surface area contributed by atoms with Gasteiger partial charge >= 0.3 is 0 Å². The van der Waals surface area contributed by atoms with Gasteiger partial charge in [0.15, 0.2) is 6.10 Å². The molecule has 0 aliphatic carbocycles. The molecule has 0 bridgehead atoms. The van der Waals surface area contributed by atoms with Crippen molar-refractivity contribution in [1.82, 2.24) is 5.32 Å². The lowest BCUT2D eigenvalue weighted by Crippen LogP contribution is -2.38. The fraction of sp³-hybridized carbons (Fsp3) is 0.350. The molecule has 0 aliphatic heterocycles. The molecular weight excluding hydrogens is 318 g/mol. The lowest BCUT2D eigenvalue weighted by atomic mass is 10.0. The number of carbonyl (C=O) groups is 1. The molecule has 0 aromatic heterocycles. The van der Waals surface area contributed by atoms with Crippen molar-refractivity contribution in [2.45, 2.75) is 32.4 Å². The van der Waals surface area contributed by atoms with E-state index in [0.29, 0.717) is 11.5 Å². The summed E-state index contributed by atoms with van der Waals surface area (Å²) in [7, 11) is 3.22. The molecule has 0 saturated heterocycles. The zero-order chi connectivity index (χ0) is 18.2. The number of ether oxygens (including phenoxy) is 3. The van der Waals surface area contributed by atoms with Gasteiger partial charge in [0.1, 0.15) is 17.2 Å². The highest BCUT2D eigenvalue weighted by Gasteiger charge is 2.19. The number of benzene rings is 2. The minimum Gasteiger partial charge on any atom is -0.497 e. The molecule has 2 aromatic rings. The molecule has 0 heterocycles. The summed E-state index contributed by atoms with van der Waals surface area (Å²) in [5.74, 6) is 1.92. The van der Waals surface area contributed by atoms with Crippen LogP contribution in [0.5, 0.6) is 17.2 Å². The van der Waals surface area contributed by atoms with Gasteiger partial charge in [0.05, 0.1) is 20.3 Å². The fourth-order valence-corrected chi connectivity index (χ4v) is 2.48. The van der Waals surface area contributed by atoms with E-state index in [2.05, 4.69) is 5.32 Å². The van der Waals surface area contributed by atoms with Gasteiger partial charge in [0, 0.05) is 6.07 Å². The molecule has 1 N–H and O–H groups in total. The van der Waals surface area contributed by atoms with Crippen LogP contribution in [0.2, 0.25) is 0 Å². The molecule has 134 valence electrons. The van der Waals surface area contributed by atoms with E-state index < -0.39 is 6.10 Å². The van der Waals surface area contributed by atoms with E-state index in [1.165, 1.54) is 0 Å². The maximum Gasteiger partial charge on any atom is 0.261 e. The number of methoxy groups -OCH3 is 2. The second kappa shape index (κ2) is 8.97. The Morgan fingerprint density at radius 2 is 1.64 bits per heavy atom. The van der Waals surface area contributed by atoms with Gasteiger partial charge in [-0.3, -0.25) is 4.79 Å². The monoisotopic (exact) mass is 343 g/mol. The average Bonchev–Trinajstić information content (AvgIpc) is 2.66. The molecule has 0 aliphatic rings. The Bertz CT molecular complexity index is 684. The summed E-state index contributed by atoms with van der Waals surface area (Å²) in [5, 5.41) is 3.03. The topological polar surface area (TPSA) is 56.8 Å². The maximum atomic E-state index is 12.5. The van der Waals surface area contributed by atoms with Crippen LogP contribution in [0.1, 0.15) is 31.9 Å². The summed E-state index contributed by atoms with van der Waals surface area (Å²) in [5.41, 5.74) is 1.03. The van der Waals surface area contributed by atoms with E-state index in [4.69, 9.17) is 14.2 Å². The molecule has 0 unspecified atom stereocenters. The van der Waals surface area contributed by atoms with Crippen molar-refractivity contribution in [3.05, 3.63) is 54.1 Å². The van der Waals surface area contributed by atoms with E-state index in [0.717, 1.165) is 17.7 Å². The third-order valence-corrected chi connectivity index (χ3v) is 3.97. The van der Waals surface area contributed by atoms with Gasteiger partial charge in [-0.2, -0.15) is 0 Å². The first-order valence-corrected chi connectivity index (χ1v) is 8.32. The molecule has 2 rings (SSSR count). The van der Waals surface area contributed by atoms with Crippen molar-refractivity contribution >= 4 is 5.91 Å². The predicted molar refractivity (Wildman–Crippen MR) is 97.3 cm³/mol. The number of nitrogens with one attached hydrogen (secondary N) is 1. The average molecular weight is 343 g/mol. The van der Waals surface area contributed by atoms with E-state index in [-0.39, 0.29) is 11.9 Å². The summed E-state index contributed by atoms with van der Waals surface area (Å²) in [4.78, 5) is 12.5. The Morgan fingerprint density at radius 3 is 2.24 bits per heavy atom. The molecule has 1 amide bonds. The number of hydrogen-bond acceptors (Lipinski definition) is 4. The van der Waals surface area contributed by atoms with E-state index in [1.54, 1.807) is 33.3 Å². The first kappa shape index (κ1) is 18.6. The third kappa shape index (κ3) is 5.14. The maximum absolute atomic E-state index is 12.5. The third-order valence-electron chi connectivity index (χ3n) is 3.97. The van der Waals surface area contributed by atoms with Crippen molar-refractivity contribution in [1.29, 1.82) is 0 Å². The SMILES string of the molecule is CC[C@H](NC(=O)[C@H](C)Oc1cccc(OC)c1)c1ccc(OC)cc1. The molecular formula is C20H25NO4. The van der Waals surface area contributed by atoms with Crippen LogP contribution in [0.25, 0.3) is 0 Å². The molecule has 5 heteroatoms. The van der Waals surface area contributed by atoms with Crippen LogP contribution in [0, 0.1) is 0 Å².